The van der Waals surface area contributed by atoms with Crippen LogP contribution in [-0.4, -0.2) is 57.0 Å². The number of hydrogen-bond donors (Lipinski definition) is 4. The summed E-state index contributed by atoms with van der Waals surface area (Å²) in [6.45, 7) is 0.609. The summed E-state index contributed by atoms with van der Waals surface area (Å²) in [5.41, 5.74) is 0. The van der Waals surface area contributed by atoms with Crippen molar-refractivity contribution in [3.8, 4) is 0 Å². The topological polar surface area (TPSA) is 107 Å². The highest BCUT2D eigenvalue weighted by atomic mass is 32.2. The summed E-state index contributed by atoms with van der Waals surface area (Å²) in [7, 11) is 0. The lowest BCUT2D eigenvalue weighted by Crippen LogP contribution is -2.44. The number of carbonyl (C=O) groups is 2. The van der Waals surface area contributed by atoms with Gasteiger partial charge in [-0.1, -0.05) is 0 Å². The molecule has 0 radical (unpaired) electrons. The Labute approximate surface area is 97.0 Å². The number of rotatable bonds is 5. The minimum absolute atomic E-state index is 0.0938. The summed E-state index contributed by atoms with van der Waals surface area (Å²) in [6.07, 6.45) is -0.115. The van der Waals surface area contributed by atoms with Crippen molar-refractivity contribution in [1.29, 1.82) is 0 Å². The largest absolute Gasteiger partial charge is 0.480 e. The fourth-order valence-electron chi connectivity index (χ4n) is 1.52. The van der Waals surface area contributed by atoms with E-state index in [-0.39, 0.29) is 11.0 Å². The maximum Gasteiger partial charge on any atom is 0.333 e. The third-order valence-corrected chi connectivity index (χ3v) is 3.84. The average molecular weight is 249 g/mol. The molecule has 1 saturated heterocycles. The van der Waals surface area contributed by atoms with Crippen molar-refractivity contribution >= 4 is 23.7 Å². The first-order chi connectivity index (χ1) is 7.50. The van der Waals surface area contributed by atoms with E-state index in [0.717, 1.165) is 6.42 Å². The Morgan fingerprint density at radius 1 is 1.44 bits per heavy atom. The molecule has 0 unspecified atom stereocenters. The van der Waals surface area contributed by atoms with Gasteiger partial charge in [-0.25, -0.2) is 4.79 Å². The lowest BCUT2D eigenvalue weighted by atomic mass is 10.1. The molecule has 4 N–H and O–H groups in total. The molecule has 0 bridgehead atoms. The van der Waals surface area contributed by atoms with Gasteiger partial charge in [-0.15, -0.1) is 0 Å². The van der Waals surface area contributed by atoms with Crippen LogP contribution in [0.4, 0.5) is 0 Å². The van der Waals surface area contributed by atoms with Crippen LogP contribution in [0.15, 0.2) is 0 Å². The van der Waals surface area contributed by atoms with Gasteiger partial charge >= 0.3 is 11.9 Å². The fraction of sp³-hybridized carbons (Fsp3) is 0.778. The van der Waals surface area contributed by atoms with Gasteiger partial charge in [-0.05, 0) is 19.4 Å². The van der Waals surface area contributed by atoms with E-state index in [2.05, 4.69) is 5.32 Å². The molecule has 0 amide bonds. The molecule has 1 rings (SSSR count). The molecular weight excluding hydrogens is 234 g/mol. The second kappa shape index (κ2) is 6.07. The van der Waals surface area contributed by atoms with Crippen molar-refractivity contribution < 1.29 is 24.9 Å². The van der Waals surface area contributed by atoms with Crippen LogP contribution >= 0.6 is 11.8 Å². The van der Waals surface area contributed by atoms with Crippen LogP contribution in [-0.2, 0) is 9.59 Å². The molecular formula is C9H15NO5S. The molecule has 92 valence electrons. The van der Waals surface area contributed by atoms with E-state index in [4.69, 9.17) is 15.3 Å². The molecule has 0 aliphatic carbocycles. The Hall–Kier alpha value is -0.790. The Balaban J connectivity index is 2.32. The molecule has 3 atom stereocenters. The van der Waals surface area contributed by atoms with Crippen molar-refractivity contribution in [2.75, 3.05) is 12.3 Å². The summed E-state index contributed by atoms with van der Waals surface area (Å²) in [6, 6.07) is -0.562. The van der Waals surface area contributed by atoms with Crippen LogP contribution in [0.5, 0.6) is 0 Å². The Morgan fingerprint density at radius 2 is 2.12 bits per heavy atom. The number of hydrogen-bond acceptors (Lipinski definition) is 5. The number of piperidine rings is 1. The van der Waals surface area contributed by atoms with Gasteiger partial charge in [-0.3, -0.25) is 4.79 Å². The van der Waals surface area contributed by atoms with Gasteiger partial charge in [0.15, 0.2) is 6.10 Å². The molecule has 16 heavy (non-hydrogen) atoms. The third kappa shape index (κ3) is 3.99. The first-order valence-electron chi connectivity index (χ1n) is 4.99. The minimum Gasteiger partial charge on any atom is -0.480 e. The van der Waals surface area contributed by atoms with E-state index in [0.29, 0.717) is 13.0 Å². The Morgan fingerprint density at radius 3 is 2.69 bits per heavy atom. The highest BCUT2D eigenvalue weighted by Gasteiger charge is 2.27. The number of carboxylic acid groups (broad SMARTS) is 2. The van der Waals surface area contributed by atoms with Crippen LogP contribution in [0, 0.1) is 0 Å². The fourth-order valence-corrected chi connectivity index (χ4v) is 2.73. The Kier molecular flexibility index (Phi) is 5.04. The van der Waals surface area contributed by atoms with Gasteiger partial charge in [-0.2, -0.15) is 11.8 Å². The summed E-state index contributed by atoms with van der Waals surface area (Å²) < 4.78 is 0. The van der Waals surface area contributed by atoms with Crippen LogP contribution in [0.3, 0.4) is 0 Å². The normalized spacial score (nSPS) is 27.3. The SMILES string of the molecule is O=C(O)[C@H](O)CS[C@H]1CCN[C@@H](C(=O)O)C1. The molecule has 1 aliphatic heterocycles. The number of nitrogens with one attached hydrogen (secondary N) is 1. The standard InChI is InChI=1S/C9H15NO5S/c11-7(9(14)15)4-16-5-1-2-10-6(3-5)8(12)13/h5-7,10-11H,1-4H2,(H,12,13)(H,14,15)/t5-,6+,7+/m0/s1. The van der Waals surface area contributed by atoms with E-state index in [1.54, 1.807) is 0 Å². The molecule has 0 aromatic heterocycles. The maximum absolute atomic E-state index is 10.7. The van der Waals surface area contributed by atoms with Gasteiger partial charge in [0.25, 0.3) is 0 Å². The highest BCUT2D eigenvalue weighted by molar-refractivity contribution is 7.99. The molecule has 1 heterocycles. The average Bonchev–Trinajstić information content (AvgIpc) is 2.26. The van der Waals surface area contributed by atoms with Crippen molar-refractivity contribution in [2.24, 2.45) is 0 Å². The van der Waals surface area contributed by atoms with Crippen LogP contribution < -0.4 is 5.32 Å². The highest BCUT2D eigenvalue weighted by Crippen LogP contribution is 2.23. The maximum atomic E-state index is 10.7. The zero-order valence-electron chi connectivity index (χ0n) is 8.63. The van der Waals surface area contributed by atoms with Crippen LogP contribution in [0.2, 0.25) is 0 Å². The molecule has 0 saturated carbocycles. The molecule has 0 aromatic rings. The van der Waals surface area contributed by atoms with Crippen molar-refractivity contribution in [2.45, 2.75) is 30.2 Å². The van der Waals surface area contributed by atoms with Crippen molar-refractivity contribution in [3.05, 3.63) is 0 Å². The Bertz CT molecular complexity index is 273. The molecule has 6 nitrogen and oxygen atoms in total. The van der Waals surface area contributed by atoms with Gasteiger partial charge in [0.05, 0.1) is 0 Å². The number of aliphatic hydroxyl groups excluding tert-OH is 1. The predicted octanol–water partition coefficient (Wildman–Crippen LogP) is -0.630. The van der Waals surface area contributed by atoms with E-state index in [1.165, 1.54) is 11.8 Å². The zero-order valence-corrected chi connectivity index (χ0v) is 9.44. The van der Waals surface area contributed by atoms with E-state index in [1.807, 2.05) is 0 Å². The molecule has 0 aromatic carbocycles. The number of carboxylic acids is 2. The molecule has 0 spiro atoms. The van der Waals surface area contributed by atoms with E-state index >= 15 is 0 Å². The summed E-state index contributed by atoms with van der Waals surface area (Å²) in [4.78, 5) is 21.1. The lowest BCUT2D eigenvalue weighted by Gasteiger charge is -2.27. The first kappa shape index (κ1) is 13.3. The number of aliphatic hydroxyl groups is 1. The minimum atomic E-state index is -1.37. The summed E-state index contributed by atoms with van der Waals surface area (Å²) in [5, 5.41) is 29.3. The second-order valence-corrected chi connectivity index (χ2v) is 5.01. The third-order valence-electron chi connectivity index (χ3n) is 2.43. The van der Waals surface area contributed by atoms with E-state index in [9.17, 15) is 9.59 Å². The predicted molar refractivity (Wildman–Crippen MR) is 58.5 cm³/mol. The molecule has 7 heteroatoms. The van der Waals surface area contributed by atoms with Gasteiger partial charge in [0.1, 0.15) is 6.04 Å². The number of aliphatic carboxylic acids is 2. The van der Waals surface area contributed by atoms with Crippen molar-refractivity contribution in [1.82, 2.24) is 5.32 Å². The van der Waals surface area contributed by atoms with Crippen LogP contribution in [0.25, 0.3) is 0 Å². The van der Waals surface area contributed by atoms with Crippen molar-refractivity contribution in [3.63, 3.8) is 0 Å². The quantitative estimate of drug-likeness (QED) is 0.514. The molecule has 1 aliphatic rings. The lowest BCUT2D eigenvalue weighted by molar-refractivity contribution is -0.145. The van der Waals surface area contributed by atoms with E-state index < -0.39 is 24.1 Å². The molecule has 1 fully saturated rings. The summed E-state index contributed by atoms with van der Waals surface area (Å²) >= 11 is 1.32. The summed E-state index contributed by atoms with van der Waals surface area (Å²) in [5.74, 6) is -2.02. The smallest absolute Gasteiger partial charge is 0.333 e. The van der Waals surface area contributed by atoms with Gasteiger partial charge in [0.2, 0.25) is 0 Å². The van der Waals surface area contributed by atoms with Gasteiger partial charge in [0, 0.05) is 11.0 Å². The zero-order chi connectivity index (χ0) is 12.1. The monoisotopic (exact) mass is 249 g/mol. The number of thioether (sulfide) groups is 1. The van der Waals surface area contributed by atoms with Gasteiger partial charge < -0.3 is 20.6 Å². The second-order valence-electron chi connectivity index (χ2n) is 3.68. The first-order valence-corrected chi connectivity index (χ1v) is 6.04. The van der Waals surface area contributed by atoms with Crippen LogP contribution in [0.1, 0.15) is 12.8 Å².